The summed E-state index contributed by atoms with van der Waals surface area (Å²) in [6, 6.07) is 0. The van der Waals surface area contributed by atoms with Crippen molar-refractivity contribution in [3.8, 4) is 0 Å². The Morgan fingerprint density at radius 3 is 2.79 bits per heavy atom. The predicted molar refractivity (Wildman–Crippen MR) is 56.0 cm³/mol. The molecule has 3 heteroatoms. The van der Waals surface area contributed by atoms with Crippen LogP contribution in [0.3, 0.4) is 0 Å². The summed E-state index contributed by atoms with van der Waals surface area (Å²) in [5.74, 6) is 0.752. The SMILES string of the molecule is CCC(CC1CCN(C)C1)C(=O)OC. The molecule has 0 N–H and O–H groups in total. The van der Waals surface area contributed by atoms with Gasteiger partial charge in [0.2, 0.25) is 0 Å². The number of esters is 1. The molecule has 1 saturated heterocycles. The van der Waals surface area contributed by atoms with Gasteiger partial charge < -0.3 is 9.64 Å². The molecule has 3 nitrogen and oxygen atoms in total. The molecular formula is C11H21NO2. The molecule has 1 fully saturated rings. The second-order valence-corrected chi connectivity index (χ2v) is 4.28. The first kappa shape index (κ1) is 11.5. The highest BCUT2D eigenvalue weighted by Crippen LogP contribution is 2.24. The lowest BCUT2D eigenvalue weighted by Gasteiger charge is -2.16. The normalized spacial score (nSPS) is 24.9. The summed E-state index contributed by atoms with van der Waals surface area (Å²) < 4.78 is 4.79. The first-order valence-electron chi connectivity index (χ1n) is 5.43. The maximum atomic E-state index is 11.4. The van der Waals surface area contributed by atoms with E-state index in [1.165, 1.54) is 20.1 Å². The van der Waals surface area contributed by atoms with Crippen LogP contribution in [0.4, 0.5) is 0 Å². The maximum Gasteiger partial charge on any atom is 0.308 e. The number of hydrogen-bond donors (Lipinski definition) is 0. The van der Waals surface area contributed by atoms with Crippen molar-refractivity contribution in [1.29, 1.82) is 0 Å². The standard InChI is InChI=1S/C11H21NO2/c1-4-10(11(13)14-3)7-9-5-6-12(2)8-9/h9-10H,4-8H2,1-3H3. The molecule has 0 radical (unpaired) electrons. The quantitative estimate of drug-likeness (QED) is 0.643. The number of rotatable bonds is 4. The van der Waals surface area contributed by atoms with Crippen LogP contribution in [0.1, 0.15) is 26.2 Å². The van der Waals surface area contributed by atoms with Gasteiger partial charge in [-0.25, -0.2) is 0 Å². The number of methoxy groups -OCH3 is 1. The number of hydrogen-bond acceptors (Lipinski definition) is 3. The Labute approximate surface area is 86.4 Å². The van der Waals surface area contributed by atoms with E-state index in [0.717, 1.165) is 19.4 Å². The van der Waals surface area contributed by atoms with Gasteiger partial charge >= 0.3 is 5.97 Å². The fourth-order valence-electron chi connectivity index (χ4n) is 2.22. The van der Waals surface area contributed by atoms with Crippen molar-refractivity contribution < 1.29 is 9.53 Å². The van der Waals surface area contributed by atoms with Gasteiger partial charge in [0.25, 0.3) is 0 Å². The highest BCUT2D eigenvalue weighted by atomic mass is 16.5. The zero-order valence-corrected chi connectivity index (χ0v) is 9.45. The molecule has 1 aliphatic heterocycles. The Balaban J connectivity index is 2.36. The lowest BCUT2D eigenvalue weighted by atomic mass is 9.92. The van der Waals surface area contributed by atoms with Gasteiger partial charge in [-0.2, -0.15) is 0 Å². The second kappa shape index (κ2) is 5.35. The van der Waals surface area contributed by atoms with Crippen LogP contribution in [-0.4, -0.2) is 38.1 Å². The van der Waals surface area contributed by atoms with Gasteiger partial charge in [0, 0.05) is 6.54 Å². The monoisotopic (exact) mass is 199 g/mol. The van der Waals surface area contributed by atoms with Crippen LogP contribution in [0.15, 0.2) is 0 Å². The van der Waals surface area contributed by atoms with E-state index in [-0.39, 0.29) is 11.9 Å². The van der Waals surface area contributed by atoms with E-state index in [9.17, 15) is 4.79 Å². The summed E-state index contributed by atoms with van der Waals surface area (Å²) in [6.07, 6.45) is 3.12. The Bertz CT molecular complexity index is 194. The number of nitrogens with zero attached hydrogens (tertiary/aromatic N) is 1. The summed E-state index contributed by atoms with van der Waals surface area (Å²) in [5.41, 5.74) is 0. The van der Waals surface area contributed by atoms with Crippen molar-refractivity contribution in [2.24, 2.45) is 11.8 Å². The Morgan fingerprint density at radius 1 is 1.64 bits per heavy atom. The summed E-state index contributed by atoms with van der Waals surface area (Å²) in [4.78, 5) is 13.7. The lowest BCUT2D eigenvalue weighted by molar-refractivity contribution is -0.146. The number of carbonyl (C=O) groups is 1. The third-order valence-corrected chi connectivity index (χ3v) is 3.13. The molecule has 0 saturated carbocycles. The molecule has 14 heavy (non-hydrogen) atoms. The van der Waals surface area contributed by atoms with Gasteiger partial charge in [0.05, 0.1) is 13.0 Å². The Kier molecular flexibility index (Phi) is 4.39. The van der Waals surface area contributed by atoms with Crippen LogP contribution in [0.2, 0.25) is 0 Å². The fourth-order valence-corrected chi connectivity index (χ4v) is 2.22. The van der Waals surface area contributed by atoms with Crippen LogP contribution in [0.5, 0.6) is 0 Å². The highest BCUT2D eigenvalue weighted by Gasteiger charge is 2.26. The van der Waals surface area contributed by atoms with Crippen LogP contribution in [-0.2, 0) is 9.53 Å². The average Bonchev–Trinajstić information content (AvgIpc) is 2.59. The van der Waals surface area contributed by atoms with Crippen molar-refractivity contribution in [2.75, 3.05) is 27.2 Å². The summed E-state index contributed by atoms with van der Waals surface area (Å²) >= 11 is 0. The van der Waals surface area contributed by atoms with E-state index in [4.69, 9.17) is 4.74 Å². The maximum absolute atomic E-state index is 11.4. The molecule has 0 bridgehead atoms. The molecule has 0 amide bonds. The second-order valence-electron chi connectivity index (χ2n) is 4.28. The van der Waals surface area contributed by atoms with Gasteiger partial charge in [-0.15, -0.1) is 0 Å². The minimum Gasteiger partial charge on any atom is -0.469 e. The molecule has 0 aromatic carbocycles. The van der Waals surface area contributed by atoms with Crippen LogP contribution >= 0.6 is 0 Å². The average molecular weight is 199 g/mol. The van der Waals surface area contributed by atoms with Crippen LogP contribution < -0.4 is 0 Å². The first-order chi connectivity index (χ1) is 6.67. The molecule has 82 valence electrons. The molecule has 1 rings (SSSR count). The van der Waals surface area contributed by atoms with Gasteiger partial charge in [-0.3, -0.25) is 4.79 Å². The molecular weight excluding hydrogens is 178 g/mol. The molecule has 1 aliphatic rings. The fraction of sp³-hybridized carbons (Fsp3) is 0.909. The zero-order chi connectivity index (χ0) is 10.6. The Morgan fingerprint density at radius 2 is 2.36 bits per heavy atom. The van der Waals surface area contributed by atoms with Crippen molar-refractivity contribution in [3.05, 3.63) is 0 Å². The number of carbonyl (C=O) groups excluding carboxylic acids is 1. The van der Waals surface area contributed by atoms with E-state index < -0.39 is 0 Å². The Hall–Kier alpha value is -0.570. The minimum atomic E-state index is -0.0398. The van der Waals surface area contributed by atoms with E-state index in [1.54, 1.807) is 0 Å². The minimum absolute atomic E-state index is 0.0398. The van der Waals surface area contributed by atoms with Gasteiger partial charge in [-0.1, -0.05) is 6.92 Å². The molecule has 0 aromatic rings. The summed E-state index contributed by atoms with van der Waals surface area (Å²) in [7, 11) is 3.62. The largest absolute Gasteiger partial charge is 0.469 e. The van der Waals surface area contributed by atoms with E-state index in [0.29, 0.717) is 5.92 Å². The molecule has 2 atom stereocenters. The van der Waals surface area contributed by atoms with Crippen LogP contribution in [0.25, 0.3) is 0 Å². The van der Waals surface area contributed by atoms with E-state index in [2.05, 4.69) is 18.9 Å². The molecule has 2 unspecified atom stereocenters. The highest BCUT2D eigenvalue weighted by molar-refractivity contribution is 5.72. The van der Waals surface area contributed by atoms with Crippen molar-refractivity contribution in [3.63, 3.8) is 0 Å². The number of ether oxygens (including phenoxy) is 1. The molecule has 0 aromatic heterocycles. The first-order valence-corrected chi connectivity index (χ1v) is 5.43. The van der Waals surface area contributed by atoms with Crippen LogP contribution in [0, 0.1) is 11.8 Å². The van der Waals surface area contributed by atoms with E-state index in [1.807, 2.05) is 0 Å². The zero-order valence-electron chi connectivity index (χ0n) is 9.45. The van der Waals surface area contributed by atoms with E-state index >= 15 is 0 Å². The predicted octanol–water partition coefficient (Wildman–Crippen LogP) is 1.53. The van der Waals surface area contributed by atoms with Gasteiger partial charge in [0.1, 0.15) is 0 Å². The topological polar surface area (TPSA) is 29.5 Å². The third-order valence-electron chi connectivity index (χ3n) is 3.13. The number of likely N-dealkylation sites (tertiary alicyclic amines) is 1. The molecule has 1 heterocycles. The lowest BCUT2D eigenvalue weighted by Crippen LogP contribution is -2.21. The van der Waals surface area contributed by atoms with Crippen molar-refractivity contribution in [2.45, 2.75) is 26.2 Å². The van der Waals surface area contributed by atoms with Crippen molar-refractivity contribution in [1.82, 2.24) is 4.90 Å². The van der Waals surface area contributed by atoms with Crippen molar-refractivity contribution >= 4 is 5.97 Å². The summed E-state index contributed by atoms with van der Waals surface area (Å²) in [6.45, 7) is 4.36. The molecule has 0 aliphatic carbocycles. The smallest absolute Gasteiger partial charge is 0.308 e. The van der Waals surface area contributed by atoms with Gasteiger partial charge in [-0.05, 0) is 38.8 Å². The third kappa shape index (κ3) is 2.98. The van der Waals surface area contributed by atoms with Gasteiger partial charge in [0.15, 0.2) is 0 Å². The summed E-state index contributed by atoms with van der Waals surface area (Å²) in [5, 5.41) is 0. The molecule has 0 spiro atoms.